The summed E-state index contributed by atoms with van der Waals surface area (Å²) in [7, 11) is 0. The van der Waals surface area contributed by atoms with Crippen molar-refractivity contribution in [3.05, 3.63) is 71.3 Å². The van der Waals surface area contributed by atoms with E-state index in [9.17, 15) is 5.11 Å². The van der Waals surface area contributed by atoms with Crippen LogP contribution in [0.5, 0.6) is 0 Å². The van der Waals surface area contributed by atoms with Crippen LogP contribution in [0.4, 0.5) is 0 Å². The van der Waals surface area contributed by atoms with Gasteiger partial charge in [-0.3, -0.25) is 0 Å². The Morgan fingerprint density at radius 1 is 0.938 bits per heavy atom. The van der Waals surface area contributed by atoms with Gasteiger partial charge in [0.1, 0.15) is 6.10 Å². The molecule has 2 aromatic rings. The molecular formula is C14H15NO. The summed E-state index contributed by atoms with van der Waals surface area (Å²) < 4.78 is 0. The second-order valence-corrected chi connectivity index (χ2v) is 3.76. The quantitative estimate of drug-likeness (QED) is 0.821. The largest absolute Gasteiger partial charge is 0.384 e. The van der Waals surface area contributed by atoms with Gasteiger partial charge in [0.25, 0.3) is 0 Å². The molecule has 0 aliphatic heterocycles. The Kier molecular flexibility index (Phi) is 3.34. The molecular weight excluding hydrogens is 198 g/mol. The molecule has 0 aliphatic carbocycles. The molecule has 1 unspecified atom stereocenters. The van der Waals surface area contributed by atoms with Gasteiger partial charge < -0.3 is 10.8 Å². The zero-order valence-corrected chi connectivity index (χ0v) is 9.01. The van der Waals surface area contributed by atoms with E-state index < -0.39 is 6.10 Å². The third kappa shape index (κ3) is 2.30. The molecule has 0 heterocycles. The number of aliphatic hydroxyl groups excluding tert-OH is 1. The SMILES string of the molecule is NCc1cccc(C(O)c2ccccc2)c1. The van der Waals surface area contributed by atoms with E-state index in [1.807, 2.05) is 54.6 Å². The molecule has 2 nitrogen and oxygen atoms in total. The smallest absolute Gasteiger partial charge is 0.104 e. The fourth-order valence-electron chi connectivity index (χ4n) is 1.72. The van der Waals surface area contributed by atoms with Gasteiger partial charge in [0.05, 0.1) is 0 Å². The number of hydrogen-bond acceptors (Lipinski definition) is 2. The lowest BCUT2D eigenvalue weighted by atomic mass is 10.00. The maximum atomic E-state index is 10.2. The van der Waals surface area contributed by atoms with Crippen LogP contribution in [0.2, 0.25) is 0 Å². The van der Waals surface area contributed by atoms with Crippen molar-refractivity contribution in [2.24, 2.45) is 5.73 Å². The Hall–Kier alpha value is -1.64. The van der Waals surface area contributed by atoms with Crippen LogP contribution < -0.4 is 5.73 Å². The zero-order chi connectivity index (χ0) is 11.4. The zero-order valence-electron chi connectivity index (χ0n) is 9.01. The summed E-state index contributed by atoms with van der Waals surface area (Å²) in [6.07, 6.45) is -0.576. The van der Waals surface area contributed by atoms with Crippen LogP contribution in [0, 0.1) is 0 Å². The number of benzene rings is 2. The van der Waals surface area contributed by atoms with Crippen LogP contribution in [-0.4, -0.2) is 5.11 Å². The lowest BCUT2D eigenvalue weighted by Gasteiger charge is -2.12. The van der Waals surface area contributed by atoms with Gasteiger partial charge in [-0.05, 0) is 16.7 Å². The highest BCUT2D eigenvalue weighted by Crippen LogP contribution is 2.22. The maximum Gasteiger partial charge on any atom is 0.104 e. The first-order chi connectivity index (χ1) is 7.81. The molecule has 2 rings (SSSR count). The van der Waals surface area contributed by atoms with Crippen LogP contribution in [0.1, 0.15) is 22.8 Å². The third-order valence-electron chi connectivity index (χ3n) is 2.62. The summed E-state index contributed by atoms with van der Waals surface area (Å²) in [6.45, 7) is 0.495. The Balaban J connectivity index is 2.30. The van der Waals surface area contributed by atoms with Crippen molar-refractivity contribution >= 4 is 0 Å². The first-order valence-electron chi connectivity index (χ1n) is 5.33. The van der Waals surface area contributed by atoms with Gasteiger partial charge in [0.15, 0.2) is 0 Å². The van der Waals surface area contributed by atoms with E-state index in [2.05, 4.69) is 0 Å². The maximum absolute atomic E-state index is 10.2. The lowest BCUT2D eigenvalue weighted by Crippen LogP contribution is -2.02. The summed E-state index contributed by atoms with van der Waals surface area (Å²) >= 11 is 0. The van der Waals surface area contributed by atoms with Crippen molar-refractivity contribution < 1.29 is 5.11 Å². The summed E-state index contributed by atoms with van der Waals surface area (Å²) in [4.78, 5) is 0. The monoisotopic (exact) mass is 213 g/mol. The van der Waals surface area contributed by atoms with E-state index in [0.717, 1.165) is 16.7 Å². The molecule has 82 valence electrons. The van der Waals surface area contributed by atoms with Crippen LogP contribution in [0.3, 0.4) is 0 Å². The van der Waals surface area contributed by atoms with Crippen molar-refractivity contribution in [3.63, 3.8) is 0 Å². The second kappa shape index (κ2) is 4.92. The average Bonchev–Trinajstić information content (AvgIpc) is 2.39. The minimum atomic E-state index is -0.576. The van der Waals surface area contributed by atoms with E-state index in [4.69, 9.17) is 5.73 Å². The van der Waals surface area contributed by atoms with Crippen LogP contribution in [-0.2, 0) is 6.54 Å². The van der Waals surface area contributed by atoms with Crippen LogP contribution in [0.15, 0.2) is 54.6 Å². The van der Waals surface area contributed by atoms with E-state index in [1.165, 1.54) is 0 Å². The van der Waals surface area contributed by atoms with Gasteiger partial charge in [-0.25, -0.2) is 0 Å². The predicted octanol–water partition coefficient (Wildman–Crippen LogP) is 2.23. The topological polar surface area (TPSA) is 46.2 Å². The predicted molar refractivity (Wildman–Crippen MR) is 64.8 cm³/mol. The summed E-state index contributed by atoms with van der Waals surface area (Å²) in [5, 5.41) is 10.2. The molecule has 0 amide bonds. The molecule has 16 heavy (non-hydrogen) atoms. The second-order valence-electron chi connectivity index (χ2n) is 3.76. The first-order valence-corrected chi connectivity index (χ1v) is 5.33. The molecule has 0 bridgehead atoms. The number of rotatable bonds is 3. The Morgan fingerprint density at radius 3 is 2.31 bits per heavy atom. The molecule has 0 saturated heterocycles. The summed E-state index contributed by atoms with van der Waals surface area (Å²) in [5.74, 6) is 0. The van der Waals surface area contributed by atoms with Crippen LogP contribution in [0.25, 0.3) is 0 Å². The minimum absolute atomic E-state index is 0.495. The molecule has 0 fully saturated rings. The van der Waals surface area contributed by atoms with E-state index in [-0.39, 0.29) is 0 Å². The van der Waals surface area contributed by atoms with Gasteiger partial charge in [-0.1, -0.05) is 54.6 Å². The molecule has 2 aromatic carbocycles. The number of aliphatic hydroxyl groups is 1. The lowest BCUT2D eigenvalue weighted by molar-refractivity contribution is 0.220. The van der Waals surface area contributed by atoms with Crippen molar-refractivity contribution in [2.45, 2.75) is 12.6 Å². The molecule has 0 radical (unpaired) electrons. The molecule has 2 heteroatoms. The fourth-order valence-corrected chi connectivity index (χ4v) is 1.72. The molecule has 3 N–H and O–H groups in total. The number of hydrogen-bond donors (Lipinski definition) is 2. The van der Waals surface area contributed by atoms with Gasteiger partial charge in [-0.2, -0.15) is 0 Å². The summed E-state index contributed by atoms with van der Waals surface area (Å²) in [5.41, 5.74) is 8.39. The average molecular weight is 213 g/mol. The van der Waals surface area contributed by atoms with Crippen molar-refractivity contribution in [3.8, 4) is 0 Å². The van der Waals surface area contributed by atoms with Crippen molar-refractivity contribution in [2.75, 3.05) is 0 Å². The Bertz CT molecular complexity index is 453. The molecule has 0 aromatic heterocycles. The van der Waals surface area contributed by atoms with Crippen molar-refractivity contribution in [1.29, 1.82) is 0 Å². The standard InChI is InChI=1S/C14H15NO/c15-10-11-5-4-8-13(9-11)14(16)12-6-2-1-3-7-12/h1-9,14,16H,10,15H2. The normalized spacial score (nSPS) is 12.4. The van der Waals surface area contributed by atoms with Gasteiger partial charge in [0.2, 0.25) is 0 Å². The molecule has 0 saturated carbocycles. The molecule has 0 aliphatic rings. The fraction of sp³-hybridized carbons (Fsp3) is 0.143. The van der Waals surface area contributed by atoms with Gasteiger partial charge >= 0.3 is 0 Å². The third-order valence-corrected chi connectivity index (χ3v) is 2.62. The Labute approximate surface area is 95.4 Å². The van der Waals surface area contributed by atoms with E-state index >= 15 is 0 Å². The highest BCUT2D eigenvalue weighted by Gasteiger charge is 2.09. The first kappa shape index (κ1) is 10.9. The molecule has 1 atom stereocenters. The highest BCUT2D eigenvalue weighted by molar-refractivity contribution is 5.32. The Morgan fingerprint density at radius 2 is 1.62 bits per heavy atom. The minimum Gasteiger partial charge on any atom is -0.384 e. The summed E-state index contributed by atoms with van der Waals surface area (Å²) in [6, 6.07) is 17.3. The van der Waals surface area contributed by atoms with E-state index in [1.54, 1.807) is 0 Å². The number of nitrogens with two attached hydrogens (primary N) is 1. The van der Waals surface area contributed by atoms with Gasteiger partial charge in [-0.15, -0.1) is 0 Å². The van der Waals surface area contributed by atoms with Gasteiger partial charge in [0, 0.05) is 6.54 Å². The van der Waals surface area contributed by atoms with Crippen LogP contribution >= 0.6 is 0 Å². The molecule has 0 spiro atoms. The highest BCUT2D eigenvalue weighted by atomic mass is 16.3. The van der Waals surface area contributed by atoms with Crippen molar-refractivity contribution in [1.82, 2.24) is 0 Å². The van der Waals surface area contributed by atoms with E-state index in [0.29, 0.717) is 6.54 Å².